The number of nitrogens with zero attached hydrogens (tertiary/aromatic N) is 2. The molecule has 1 heterocycles. The number of nitriles is 1. The van der Waals surface area contributed by atoms with Crippen LogP contribution in [0.4, 0.5) is 0 Å². The quantitative estimate of drug-likeness (QED) is 0.449. The van der Waals surface area contributed by atoms with E-state index in [4.69, 9.17) is 4.98 Å². The van der Waals surface area contributed by atoms with Gasteiger partial charge in [-0.1, -0.05) is 78.9 Å². The standard InChI is InChI=1S/C26H20N2/c27-18-26(20-11-5-2-6-12-20)16-15-24-22(17-26)25(19-9-3-1-4-10-19)21-13-7-8-14-23(21)28-24/h1-14H,15-17H2. The van der Waals surface area contributed by atoms with Gasteiger partial charge >= 0.3 is 0 Å². The number of pyridine rings is 1. The first-order chi connectivity index (χ1) is 13.8. The second-order valence-electron chi connectivity index (χ2n) is 7.53. The van der Waals surface area contributed by atoms with E-state index in [0.717, 1.165) is 35.0 Å². The fourth-order valence-corrected chi connectivity index (χ4v) is 4.52. The third-order valence-corrected chi connectivity index (χ3v) is 5.95. The summed E-state index contributed by atoms with van der Waals surface area (Å²) in [5, 5.41) is 11.4. The maximum atomic E-state index is 10.2. The molecule has 1 aromatic heterocycles. The van der Waals surface area contributed by atoms with Crippen molar-refractivity contribution in [3.8, 4) is 17.2 Å². The van der Waals surface area contributed by atoms with Crippen LogP contribution in [0.2, 0.25) is 0 Å². The van der Waals surface area contributed by atoms with Gasteiger partial charge in [0.15, 0.2) is 0 Å². The molecule has 0 saturated carbocycles. The monoisotopic (exact) mass is 360 g/mol. The summed E-state index contributed by atoms with van der Waals surface area (Å²) in [6.45, 7) is 0. The highest BCUT2D eigenvalue weighted by Crippen LogP contribution is 2.43. The van der Waals surface area contributed by atoms with E-state index in [9.17, 15) is 5.26 Å². The Bertz CT molecular complexity index is 1190. The van der Waals surface area contributed by atoms with Crippen molar-refractivity contribution in [2.24, 2.45) is 0 Å². The van der Waals surface area contributed by atoms with E-state index in [1.165, 1.54) is 16.7 Å². The van der Waals surface area contributed by atoms with Crippen molar-refractivity contribution in [1.82, 2.24) is 4.98 Å². The molecule has 0 radical (unpaired) electrons. The van der Waals surface area contributed by atoms with Crippen LogP contribution in [0.5, 0.6) is 0 Å². The Balaban J connectivity index is 1.78. The minimum atomic E-state index is -0.498. The van der Waals surface area contributed by atoms with Crippen LogP contribution in [0.1, 0.15) is 23.2 Å². The zero-order valence-electron chi connectivity index (χ0n) is 15.6. The van der Waals surface area contributed by atoms with Gasteiger partial charge in [-0.25, -0.2) is 0 Å². The number of benzene rings is 3. The summed E-state index contributed by atoms with van der Waals surface area (Å²) in [5.41, 5.74) is 6.43. The Morgan fingerprint density at radius 3 is 2.25 bits per heavy atom. The summed E-state index contributed by atoms with van der Waals surface area (Å²) in [7, 11) is 0. The highest BCUT2D eigenvalue weighted by atomic mass is 14.7. The van der Waals surface area contributed by atoms with Gasteiger partial charge in [0.1, 0.15) is 0 Å². The number of hydrogen-bond acceptors (Lipinski definition) is 2. The van der Waals surface area contributed by atoms with E-state index >= 15 is 0 Å². The van der Waals surface area contributed by atoms with Crippen molar-refractivity contribution < 1.29 is 0 Å². The zero-order valence-corrected chi connectivity index (χ0v) is 15.6. The van der Waals surface area contributed by atoms with Gasteiger partial charge in [0.25, 0.3) is 0 Å². The van der Waals surface area contributed by atoms with Gasteiger partial charge in [-0.2, -0.15) is 5.26 Å². The Morgan fingerprint density at radius 2 is 1.50 bits per heavy atom. The van der Waals surface area contributed by atoms with Gasteiger partial charge < -0.3 is 0 Å². The number of para-hydroxylation sites is 1. The molecule has 1 atom stereocenters. The van der Waals surface area contributed by atoms with Crippen molar-refractivity contribution in [3.63, 3.8) is 0 Å². The number of rotatable bonds is 2. The molecule has 2 heteroatoms. The molecule has 28 heavy (non-hydrogen) atoms. The molecule has 1 unspecified atom stereocenters. The predicted molar refractivity (Wildman–Crippen MR) is 113 cm³/mol. The summed E-state index contributed by atoms with van der Waals surface area (Å²) < 4.78 is 0. The largest absolute Gasteiger partial charge is 0.253 e. The van der Waals surface area contributed by atoms with Gasteiger partial charge in [0.05, 0.1) is 17.0 Å². The van der Waals surface area contributed by atoms with Crippen LogP contribution < -0.4 is 0 Å². The first kappa shape index (κ1) is 16.7. The lowest BCUT2D eigenvalue weighted by atomic mass is 9.68. The number of aromatic nitrogens is 1. The van der Waals surface area contributed by atoms with Crippen molar-refractivity contribution in [2.45, 2.75) is 24.7 Å². The average molecular weight is 360 g/mol. The van der Waals surface area contributed by atoms with Crippen LogP contribution >= 0.6 is 0 Å². The van der Waals surface area contributed by atoms with E-state index < -0.39 is 5.41 Å². The maximum absolute atomic E-state index is 10.2. The molecule has 4 aromatic rings. The second-order valence-corrected chi connectivity index (χ2v) is 7.53. The topological polar surface area (TPSA) is 36.7 Å². The van der Waals surface area contributed by atoms with E-state index in [2.05, 4.69) is 60.7 Å². The fraction of sp³-hybridized carbons (Fsp3) is 0.154. The van der Waals surface area contributed by atoms with Crippen LogP contribution in [0.3, 0.4) is 0 Å². The SMILES string of the molecule is N#CC1(c2ccccc2)CCc2nc3ccccc3c(-c3ccccc3)c2C1. The molecule has 0 bridgehead atoms. The van der Waals surface area contributed by atoms with Crippen molar-refractivity contribution in [1.29, 1.82) is 5.26 Å². The van der Waals surface area contributed by atoms with E-state index in [-0.39, 0.29) is 0 Å². The van der Waals surface area contributed by atoms with Gasteiger partial charge in [0.2, 0.25) is 0 Å². The molecule has 1 aliphatic carbocycles. The molecule has 0 N–H and O–H groups in total. The molecule has 5 rings (SSSR count). The Kier molecular flexibility index (Phi) is 3.95. The molecular formula is C26H20N2. The molecule has 0 amide bonds. The first-order valence-corrected chi connectivity index (χ1v) is 9.73. The molecule has 0 aliphatic heterocycles. The molecule has 0 fully saturated rings. The normalized spacial score (nSPS) is 18.4. The zero-order chi connectivity index (χ0) is 19.0. The lowest BCUT2D eigenvalue weighted by molar-refractivity contribution is 0.468. The van der Waals surface area contributed by atoms with Gasteiger partial charge in [-0.15, -0.1) is 0 Å². The van der Waals surface area contributed by atoms with Gasteiger partial charge in [-0.05, 0) is 47.6 Å². The van der Waals surface area contributed by atoms with E-state index in [1.807, 2.05) is 30.3 Å². The summed E-state index contributed by atoms with van der Waals surface area (Å²) in [5.74, 6) is 0. The highest BCUT2D eigenvalue weighted by Gasteiger charge is 2.38. The molecule has 3 aromatic carbocycles. The lowest BCUT2D eigenvalue weighted by Gasteiger charge is -2.34. The van der Waals surface area contributed by atoms with E-state index in [0.29, 0.717) is 6.42 Å². The van der Waals surface area contributed by atoms with Gasteiger partial charge in [-0.3, -0.25) is 4.98 Å². The Labute approximate surface area is 165 Å². The molecule has 2 nitrogen and oxygen atoms in total. The molecule has 134 valence electrons. The number of hydrogen-bond donors (Lipinski definition) is 0. The summed E-state index contributed by atoms with van der Waals surface area (Å²) in [6.07, 6.45) is 2.33. The average Bonchev–Trinajstić information content (AvgIpc) is 2.78. The number of fused-ring (bicyclic) bond motifs is 2. The van der Waals surface area contributed by atoms with Crippen molar-refractivity contribution in [2.75, 3.05) is 0 Å². The van der Waals surface area contributed by atoms with Crippen LogP contribution in [-0.4, -0.2) is 4.98 Å². The van der Waals surface area contributed by atoms with Crippen LogP contribution in [-0.2, 0) is 18.3 Å². The Morgan fingerprint density at radius 1 is 0.821 bits per heavy atom. The lowest BCUT2D eigenvalue weighted by Crippen LogP contribution is -2.32. The summed E-state index contributed by atoms with van der Waals surface area (Å²) in [6, 6.07) is 31.8. The molecule has 0 spiro atoms. The van der Waals surface area contributed by atoms with Crippen molar-refractivity contribution in [3.05, 3.63) is 102 Å². The fourth-order valence-electron chi connectivity index (χ4n) is 4.52. The highest BCUT2D eigenvalue weighted by molar-refractivity contribution is 5.96. The van der Waals surface area contributed by atoms with Crippen LogP contribution in [0.15, 0.2) is 84.9 Å². The van der Waals surface area contributed by atoms with Crippen LogP contribution in [0, 0.1) is 11.3 Å². The Hall–Kier alpha value is -3.44. The molecular weight excluding hydrogens is 340 g/mol. The smallest absolute Gasteiger partial charge is 0.0867 e. The minimum Gasteiger partial charge on any atom is -0.253 e. The van der Waals surface area contributed by atoms with Crippen molar-refractivity contribution >= 4 is 10.9 Å². The minimum absolute atomic E-state index is 0.498. The van der Waals surface area contributed by atoms with Crippen LogP contribution in [0.25, 0.3) is 22.0 Å². The maximum Gasteiger partial charge on any atom is 0.0867 e. The van der Waals surface area contributed by atoms with Gasteiger partial charge in [0, 0.05) is 11.1 Å². The molecule has 1 aliphatic rings. The molecule has 0 saturated heterocycles. The third kappa shape index (κ3) is 2.60. The summed E-state index contributed by atoms with van der Waals surface area (Å²) >= 11 is 0. The number of aryl methyl sites for hydroxylation is 1. The first-order valence-electron chi connectivity index (χ1n) is 9.73. The summed E-state index contributed by atoms with van der Waals surface area (Å²) in [4.78, 5) is 4.99. The predicted octanol–water partition coefficient (Wildman–Crippen LogP) is 5.85. The van der Waals surface area contributed by atoms with E-state index in [1.54, 1.807) is 0 Å². The third-order valence-electron chi connectivity index (χ3n) is 5.95. The second kappa shape index (κ2) is 6.62.